The molecule has 3 aromatic rings. The van der Waals surface area contributed by atoms with E-state index in [1.807, 2.05) is 72.8 Å². The van der Waals surface area contributed by atoms with Crippen LogP contribution in [-0.4, -0.2) is 18.2 Å². The van der Waals surface area contributed by atoms with Gasteiger partial charge in [0.15, 0.2) is 6.10 Å². The second-order valence-electron chi connectivity index (χ2n) is 5.41. The van der Waals surface area contributed by atoms with Gasteiger partial charge in [0, 0.05) is 0 Å². The van der Waals surface area contributed by atoms with Gasteiger partial charge in [-0.15, -0.1) is 0 Å². The quantitative estimate of drug-likeness (QED) is 0.575. The van der Waals surface area contributed by atoms with Gasteiger partial charge in [-0.3, -0.25) is 4.79 Å². The Kier molecular flexibility index (Phi) is 4.87. The van der Waals surface area contributed by atoms with Gasteiger partial charge in [-0.25, -0.2) is 5.43 Å². The van der Waals surface area contributed by atoms with Gasteiger partial charge in [0.1, 0.15) is 5.75 Å². The number of hydrazone groups is 1. The number of hydrogen-bond donors (Lipinski definition) is 1. The normalized spacial score (nSPS) is 12.2. The number of carbonyl (C=O) groups excluding carboxylic acids is 1. The lowest BCUT2D eigenvalue weighted by Crippen LogP contribution is -2.33. The Morgan fingerprint density at radius 2 is 1.71 bits per heavy atom. The molecule has 3 rings (SSSR count). The Balaban J connectivity index is 1.59. The van der Waals surface area contributed by atoms with Crippen molar-refractivity contribution in [3.05, 3.63) is 78.4 Å². The summed E-state index contributed by atoms with van der Waals surface area (Å²) in [5, 5.41) is 6.16. The number of rotatable bonds is 5. The third kappa shape index (κ3) is 3.98. The number of benzene rings is 3. The number of nitrogens with one attached hydrogen (secondary N) is 1. The third-order valence-electron chi connectivity index (χ3n) is 3.59. The highest BCUT2D eigenvalue weighted by atomic mass is 16.5. The molecule has 0 saturated carbocycles. The minimum absolute atomic E-state index is 0.296. The van der Waals surface area contributed by atoms with Crippen LogP contribution in [0.1, 0.15) is 12.5 Å². The van der Waals surface area contributed by atoms with E-state index in [-0.39, 0.29) is 5.91 Å². The molecular formula is C20H18N2O2. The number of amides is 1. The van der Waals surface area contributed by atoms with Crippen molar-refractivity contribution in [3.63, 3.8) is 0 Å². The number of carbonyl (C=O) groups is 1. The molecule has 4 nitrogen and oxygen atoms in total. The fourth-order valence-corrected chi connectivity index (χ4v) is 2.30. The van der Waals surface area contributed by atoms with Crippen LogP contribution in [0.2, 0.25) is 0 Å². The molecule has 4 heteroatoms. The molecule has 0 unspecified atom stereocenters. The highest BCUT2D eigenvalue weighted by Gasteiger charge is 2.14. The second-order valence-corrected chi connectivity index (χ2v) is 5.41. The van der Waals surface area contributed by atoms with E-state index in [2.05, 4.69) is 10.5 Å². The molecule has 0 aromatic heterocycles. The summed E-state index contributed by atoms with van der Waals surface area (Å²) in [5.74, 6) is 0.360. The summed E-state index contributed by atoms with van der Waals surface area (Å²) in [7, 11) is 0. The maximum atomic E-state index is 12.1. The van der Waals surface area contributed by atoms with Crippen molar-refractivity contribution in [2.75, 3.05) is 0 Å². The first kappa shape index (κ1) is 15.7. The minimum atomic E-state index is -0.640. The monoisotopic (exact) mass is 318 g/mol. The van der Waals surface area contributed by atoms with E-state index in [9.17, 15) is 4.79 Å². The van der Waals surface area contributed by atoms with Crippen LogP contribution in [0.25, 0.3) is 10.8 Å². The first-order valence-corrected chi connectivity index (χ1v) is 7.76. The summed E-state index contributed by atoms with van der Waals surface area (Å²) >= 11 is 0. The molecule has 1 amide bonds. The largest absolute Gasteiger partial charge is 0.481 e. The number of nitrogens with zero attached hydrogens (tertiary/aromatic N) is 1. The number of hydrogen-bond acceptors (Lipinski definition) is 3. The summed E-state index contributed by atoms with van der Waals surface area (Å²) in [6.07, 6.45) is 0.958. The van der Waals surface area contributed by atoms with E-state index in [1.165, 1.54) is 0 Å². The van der Waals surface area contributed by atoms with Gasteiger partial charge in [-0.05, 0) is 35.4 Å². The minimum Gasteiger partial charge on any atom is -0.481 e. The van der Waals surface area contributed by atoms with Crippen molar-refractivity contribution in [1.82, 2.24) is 5.43 Å². The molecule has 120 valence electrons. The van der Waals surface area contributed by atoms with E-state index >= 15 is 0 Å². The van der Waals surface area contributed by atoms with E-state index in [1.54, 1.807) is 13.1 Å². The Morgan fingerprint density at radius 3 is 2.50 bits per heavy atom. The van der Waals surface area contributed by atoms with E-state index < -0.39 is 6.10 Å². The molecule has 0 radical (unpaired) electrons. The van der Waals surface area contributed by atoms with Crippen LogP contribution in [0.4, 0.5) is 0 Å². The zero-order valence-corrected chi connectivity index (χ0v) is 13.3. The van der Waals surface area contributed by atoms with Gasteiger partial charge >= 0.3 is 0 Å². The molecule has 0 bridgehead atoms. The molecular weight excluding hydrogens is 300 g/mol. The molecule has 0 saturated heterocycles. The van der Waals surface area contributed by atoms with Gasteiger partial charge in [-0.2, -0.15) is 5.10 Å². The van der Waals surface area contributed by atoms with E-state index in [4.69, 9.17) is 4.74 Å². The SMILES string of the molecule is C[C@H](Oc1ccc2ccccc2c1)C(=O)N/N=C\c1ccccc1. The zero-order valence-electron chi connectivity index (χ0n) is 13.3. The summed E-state index contributed by atoms with van der Waals surface area (Å²) in [4.78, 5) is 12.1. The van der Waals surface area contributed by atoms with Crippen LogP contribution in [0.5, 0.6) is 5.75 Å². The van der Waals surface area contributed by atoms with Gasteiger partial charge in [0.25, 0.3) is 5.91 Å². The highest BCUT2D eigenvalue weighted by Crippen LogP contribution is 2.21. The molecule has 1 N–H and O–H groups in total. The maximum absolute atomic E-state index is 12.1. The highest BCUT2D eigenvalue weighted by molar-refractivity contribution is 5.85. The lowest BCUT2D eigenvalue weighted by molar-refractivity contribution is -0.127. The van der Waals surface area contributed by atoms with Crippen molar-refractivity contribution in [3.8, 4) is 5.75 Å². The molecule has 0 heterocycles. The maximum Gasteiger partial charge on any atom is 0.280 e. The fourth-order valence-electron chi connectivity index (χ4n) is 2.30. The van der Waals surface area contributed by atoms with Crippen LogP contribution in [0.3, 0.4) is 0 Å². The molecule has 0 aliphatic carbocycles. The smallest absolute Gasteiger partial charge is 0.280 e. The van der Waals surface area contributed by atoms with Crippen LogP contribution in [0.15, 0.2) is 77.9 Å². The summed E-state index contributed by atoms with van der Waals surface area (Å²) < 4.78 is 5.70. The van der Waals surface area contributed by atoms with Crippen LogP contribution in [-0.2, 0) is 4.79 Å². The van der Waals surface area contributed by atoms with Gasteiger partial charge in [0.2, 0.25) is 0 Å². The Hall–Kier alpha value is -3.14. The van der Waals surface area contributed by atoms with Crippen molar-refractivity contribution < 1.29 is 9.53 Å². The topological polar surface area (TPSA) is 50.7 Å². The van der Waals surface area contributed by atoms with Gasteiger partial charge < -0.3 is 4.74 Å². The number of fused-ring (bicyclic) bond motifs is 1. The lowest BCUT2D eigenvalue weighted by atomic mass is 10.1. The van der Waals surface area contributed by atoms with Crippen molar-refractivity contribution in [2.45, 2.75) is 13.0 Å². The summed E-state index contributed by atoms with van der Waals surface area (Å²) in [6.45, 7) is 1.70. The van der Waals surface area contributed by atoms with Crippen molar-refractivity contribution >= 4 is 22.9 Å². The van der Waals surface area contributed by atoms with E-state index in [0.29, 0.717) is 5.75 Å². The molecule has 3 aromatic carbocycles. The first-order valence-electron chi connectivity index (χ1n) is 7.76. The predicted molar refractivity (Wildman–Crippen MR) is 96.2 cm³/mol. The molecule has 0 aliphatic rings. The molecule has 0 spiro atoms. The molecule has 0 aliphatic heterocycles. The summed E-state index contributed by atoms with van der Waals surface area (Å²) in [5.41, 5.74) is 3.41. The average molecular weight is 318 g/mol. The molecule has 24 heavy (non-hydrogen) atoms. The Morgan fingerprint density at radius 1 is 1.00 bits per heavy atom. The third-order valence-corrected chi connectivity index (χ3v) is 3.59. The van der Waals surface area contributed by atoms with Crippen LogP contribution in [0, 0.1) is 0 Å². The average Bonchev–Trinajstić information content (AvgIpc) is 2.62. The van der Waals surface area contributed by atoms with Crippen LogP contribution >= 0.6 is 0 Å². The Labute approximate surface area is 140 Å². The van der Waals surface area contributed by atoms with Crippen molar-refractivity contribution in [1.29, 1.82) is 0 Å². The summed E-state index contributed by atoms with van der Waals surface area (Å²) in [6, 6.07) is 23.3. The van der Waals surface area contributed by atoms with Gasteiger partial charge in [-0.1, -0.05) is 60.7 Å². The standard InChI is InChI=1S/C20H18N2O2/c1-15(20(23)22-21-14-16-7-3-2-4-8-16)24-19-12-11-17-9-5-6-10-18(17)13-19/h2-15H,1H3,(H,22,23)/b21-14-/t15-/m0/s1. The fraction of sp³-hybridized carbons (Fsp3) is 0.100. The predicted octanol–water partition coefficient (Wildman–Crippen LogP) is 3.76. The second kappa shape index (κ2) is 7.42. The van der Waals surface area contributed by atoms with E-state index in [0.717, 1.165) is 16.3 Å². The lowest BCUT2D eigenvalue weighted by Gasteiger charge is -2.13. The van der Waals surface area contributed by atoms with Crippen LogP contribution < -0.4 is 10.2 Å². The number of ether oxygens (including phenoxy) is 1. The molecule has 0 fully saturated rings. The van der Waals surface area contributed by atoms with Gasteiger partial charge in [0.05, 0.1) is 6.21 Å². The Bertz CT molecular complexity index is 860. The zero-order chi connectivity index (χ0) is 16.8. The molecule has 1 atom stereocenters. The first-order chi connectivity index (χ1) is 11.7. The van der Waals surface area contributed by atoms with Crippen molar-refractivity contribution in [2.24, 2.45) is 5.10 Å².